The van der Waals surface area contributed by atoms with E-state index in [0.29, 0.717) is 18.1 Å². The molecule has 1 aliphatic heterocycles. The van der Waals surface area contributed by atoms with E-state index in [0.717, 1.165) is 10.0 Å². The normalized spacial score (nSPS) is 18.8. The van der Waals surface area contributed by atoms with Crippen molar-refractivity contribution in [3.63, 3.8) is 0 Å². The Morgan fingerprint density at radius 3 is 2.95 bits per heavy atom. The molecule has 2 rings (SSSR count). The van der Waals surface area contributed by atoms with Gasteiger partial charge in [-0.25, -0.2) is 0 Å². The molecule has 1 aromatic rings. The molecule has 19 heavy (non-hydrogen) atoms. The largest absolute Gasteiger partial charge is 0.469 e. The van der Waals surface area contributed by atoms with Crippen molar-refractivity contribution in [3.8, 4) is 0 Å². The van der Waals surface area contributed by atoms with E-state index in [-0.39, 0.29) is 24.2 Å². The van der Waals surface area contributed by atoms with Crippen LogP contribution in [0.5, 0.6) is 0 Å². The summed E-state index contributed by atoms with van der Waals surface area (Å²) >= 11 is 9.27. The number of amides is 1. The van der Waals surface area contributed by atoms with Gasteiger partial charge in [-0.3, -0.25) is 9.59 Å². The molecule has 1 aliphatic rings. The van der Waals surface area contributed by atoms with Crippen molar-refractivity contribution in [2.45, 2.75) is 13.0 Å². The third-order valence-electron chi connectivity index (χ3n) is 3.11. The van der Waals surface area contributed by atoms with Crippen LogP contribution in [-0.4, -0.2) is 30.4 Å². The maximum absolute atomic E-state index is 11.8. The predicted octanol–water partition coefficient (Wildman–Crippen LogP) is 2.62. The summed E-state index contributed by atoms with van der Waals surface area (Å²) in [6.07, 6.45) is 0.224. The topological polar surface area (TPSA) is 46.6 Å². The first-order valence-corrected chi connectivity index (χ1v) is 6.98. The maximum Gasteiger partial charge on any atom is 0.310 e. The second-order valence-electron chi connectivity index (χ2n) is 4.45. The molecule has 0 radical (unpaired) electrons. The van der Waals surface area contributed by atoms with Gasteiger partial charge < -0.3 is 9.64 Å². The average Bonchev–Trinajstić information content (AvgIpc) is 2.74. The molecular weight excluding hydrogens is 334 g/mol. The Morgan fingerprint density at radius 2 is 2.32 bits per heavy atom. The van der Waals surface area contributed by atoms with Crippen molar-refractivity contribution in [3.05, 3.63) is 33.3 Å². The Hall–Kier alpha value is -1.07. The van der Waals surface area contributed by atoms with Gasteiger partial charge in [0, 0.05) is 24.0 Å². The number of hydrogen-bond donors (Lipinski definition) is 0. The van der Waals surface area contributed by atoms with E-state index in [1.54, 1.807) is 11.0 Å². The van der Waals surface area contributed by atoms with Gasteiger partial charge in [0.05, 0.1) is 18.1 Å². The van der Waals surface area contributed by atoms with E-state index in [9.17, 15) is 9.59 Å². The lowest BCUT2D eigenvalue weighted by Gasteiger charge is -2.16. The molecule has 6 heteroatoms. The van der Waals surface area contributed by atoms with E-state index in [1.807, 2.05) is 12.1 Å². The molecule has 1 aromatic carbocycles. The molecule has 4 nitrogen and oxygen atoms in total. The highest BCUT2D eigenvalue weighted by Gasteiger charge is 2.34. The number of methoxy groups -OCH3 is 1. The zero-order chi connectivity index (χ0) is 14.0. The van der Waals surface area contributed by atoms with Crippen LogP contribution in [0.2, 0.25) is 5.02 Å². The molecule has 1 atom stereocenters. The number of nitrogens with zero attached hydrogens (tertiary/aromatic N) is 1. The van der Waals surface area contributed by atoms with E-state index < -0.39 is 0 Å². The van der Waals surface area contributed by atoms with Crippen molar-refractivity contribution in [2.24, 2.45) is 5.92 Å². The van der Waals surface area contributed by atoms with Gasteiger partial charge in [0.25, 0.3) is 0 Å². The van der Waals surface area contributed by atoms with Gasteiger partial charge in [-0.2, -0.15) is 0 Å². The minimum absolute atomic E-state index is 0.0264. The highest BCUT2D eigenvalue weighted by Crippen LogP contribution is 2.26. The number of rotatable bonds is 3. The lowest BCUT2D eigenvalue weighted by molar-refractivity contribution is -0.145. The summed E-state index contributed by atoms with van der Waals surface area (Å²) in [7, 11) is 1.34. The first-order valence-electron chi connectivity index (χ1n) is 5.80. The maximum atomic E-state index is 11.8. The quantitative estimate of drug-likeness (QED) is 0.791. The molecule has 0 N–H and O–H groups in total. The molecule has 0 saturated carbocycles. The Bertz CT molecular complexity index is 521. The lowest BCUT2D eigenvalue weighted by Crippen LogP contribution is -2.26. The summed E-state index contributed by atoms with van der Waals surface area (Å²) in [5.41, 5.74) is 0.968. The average molecular weight is 347 g/mol. The number of carbonyl (C=O) groups excluding carboxylic acids is 2. The predicted molar refractivity (Wildman–Crippen MR) is 74.7 cm³/mol. The summed E-state index contributed by atoms with van der Waals surface area (Å²) < 4.78 is 5.47. The van der Waals surface area contributed by atoms with Crippen molar-refractivity contribution in [2.75, 3.05) is 13.7 Å². The molecule has 102 valence electrons. The molecule has 1 heterocycles. The Labute approximate surface area is 124 Å². The second-order valence-corrected chi connectivity index (χ2v) is 5.71. The van der Waals surface area contributed by atoms with Crippen molar-refractivity contribution < 1.29 is 14.3 Å². The zero-order valence-corrected chi connectivity index (χ0v) is 12.7. The van der Waals surface area contributed by atoms with Crippen molar-refractivity contribution in [1.29, 1.82) is 0 Å². The monoisotopic (exact) mass is 345 g/mol. The molecule has 1 fully saturated rings. The minimum atomic E-state index is -0.353. The van der Waals surface area contributed by atoms with Gasteiger partial charge in [0.2, 0.25) is 5.91 Å². The number of benzene rings is 1. The van der Waals surface area contributed by atoms with Gasteiger partial charge in [0.1, 0.15) is 0 Å². The Morgan fingerprint density at radius 1 is 1.58 bits per heavy atom. The van der Waals surface area contributed by atoms with Crippen LogP contribution in [0, 0.1) is 5.92 Å². The van der Waals surface area contributed by atoms with E-state index in [1.165, 1.54) is 7.11 Å². The molecule has 1 amide bonds. The molecule has 1 saturated heterocycles. The van der Waals surface area contributed by atoms with Crippen LogP contribution in [0.3, 0.4) is 0 Å². The van der Waals surface area contributed by atoms with Crippen LogP contribution in [0.4, 0.5) is 0 Å². The highest BCUT2D eigenvalue weighted by atomic mass is 79.9. The molecule has 1 unspecified atom stereocenters. The number of halogens is 2. The molecule has 0 bridgehead atoms. The SMILES string of the molecule is COC(=O)C1CC(=O)N(Cc2ccc(Cl)c(Br)c2)C1. The van der Waals surface area contributed by atoms with Crippen molar-refractivity contribution >= 4 is 39.4 Å². The number of likely N-dealkylation sites (tertiary alicyclic amines) is 1. The number of esters is 1. The molecule has 0 aromatic heterocycles. The van der Waals surface area contributed by atoms with Gasteiger partial charge in [-0.15, -0.1) is 0 Å². The Kier molecular flexibility index (Phi) is 4.47. The number of hydrogen-bond acceptors (Lipinski definition) is 3. The van der Waals surface area contributed by atoms with E-state index >= 15 is 0 Å². The van der Waals surface area contributed by atoms with Crippen LogP contribution >= 0.6 is 27.5 Å². The molecule has 0 spiro atoms. The lowest BCUT2D eigenvalue weighted by atomic mass is 10.1. The minimum Gasteiger partial charge on any atom is -0.469 e. The fourth-order valence-electron chi connectivity index (χ4n) is 2.11. The van der Waals surface area contributed by atoms with Gasteiger partial charge in [0.15, 0.2) is 0 Å². The van der Waals surface area contributed by atoms with Gasteiger partial charge >= 0.3 is 5.97 Å². The number of carbonyl (C=O) groups is 2. The Balaban J connectivity index is 2.05. The van der Waals surface area contributed by atoms with Crippen LogP contribution in [0.25, 0.3) is 0 Å². The van der Waals surface area contributed by atoms with Gasteiger partial charge in [-0.05, 0) is 33.6 Å². The van der Waals surface area contributed by atoms with Crippen molar-refractivity contribution in [1.82, 2.24) is 4.90 Å². The summed E-state index contributed by atoms with van der Waals surface area (Å²) in [5, 5.41) is 0.629. The van der Waals surface area contributed by atoms with E-state index in [4.69, 9.17) is 11.6 Å². The van der Waals surface area contributed by atoms with Crippen LogP contribution in [-0.2, 0) is 20.9 Å². The summed E-state index contributed by atoms with van der Waals surface area (Å²) in [4.78, 5) is 24.9. The smallest absolute Gasteiger partial charge is 0.310 e. The number of ether oxygens (including phenoxy) is 1. The summed E-state index contributed by atoms with van der Waals surface area (Å²) in [6.45, 7) is 0.883. The third-order valence-corrected chi connectivity index (χ3v) is 4.32. The van der Waals surface area contributed by atoms with Crippen LogP contribution < -0.4 is 0 Å². The molecule has 0 aliphatic carbocycles. The first-order chi connectivity index (χ1) is 9.01. The van der Waals surface area contributed by atoms with Crippen LogP contribution in [0.1, 0.15) is 12.0 Å². The molecular formula is C13H13BrClNO3. The van der Waals surface area contributed by atoms with E-state index in [2.05, 4.69) is 20.7 Å². The fraction of sp³-hybridized carbons (Fsp3) is 0.385. The fourth-order valence-corrected chi connectivity index (χ4v) is 2.65. The third kappa shape index (κ3) is 3.28. The summed E-state index contributed by atoms with van der Waals surface area (Å²) in [5.74, 6) is -0.706. The van der Waals surface area contributed by atoms with Gasteiger partial charge in [-0.1, -0.05) is 17.7 Å². The zero-order valence-electron chi connectivity index (χ0n) is 10.4. The summed E-state index contributed by atoms with van der Waals surface area (Å²) in [6, 6.07) is 5.52. The standard InChI is InChI=1S/C13H13BrClNO3/c1-19-13(18)9-5-12(17)16(7-9)6-8-2-3-11(15)10(14)4-8/h2-4,9H,5-7H2,1H3. The van der Waals surface area contributed by atoms with Crippen LogP contribution in [0.15, 0.2) is 22.7 Å². The first kappa shape index (κ1) is 14.3. The second kappa shape index (κ2) is 5.92. The highest BCUT2D eigenvalue weighted by molar-refractivity contribution is 9.10.